The lowest BCUT2D eigenvalue weighted by Crippen LogP contribution is -2.01. The monoisotopic (exact) mass is 186 g/mol. The minimum Gasteiger partial charge on any atom is -0.387 e. The van der Waals surface area contributed by atoms with Crippen LogP contribution < -0.4 is 0 Å². The number of nitrogens with zero attached hydrogens (tertiary/aromatic N) is 2. The fourth-order valence-electron chi connectivity index (χ4n) is 0.965. The summed E-state index contributed by atoms with van der Waals surface area (Å²) in [5, 5.41) is 9.80. The quantitative estimate of drug-likeness (QED) is 0.785. The molecule has 0 spiro atoms. The second-order valence-corrected chi connectivity index (χ2v) is 2.89. The summed E-state index contributed by atoms with van der Waals surface area (Å²) >= 11 is 5.72. The first-order chi connectivity index (χ1) is 5.75. The number of aromatic nitrogens is 2. The summed E-state index contributed by atoms with van der Waals surface area (Å²) in [5.41, 5.74) is 0.473. The minimum absolute atomic E-state index is 0.290. The highest BCUT2D eigenvalue weighted by molar-refractivity contribution is 6.30. The van der Waals surface area contributed by atoms with Crippen molar-refractivity contribution in [2.45, 2.75) is 25.9 Å². The van der Waals surface area contributed by atoms with Crippen LogP contribution in [-0.4, -0.2) is 15.1 Å². The maximum Gasteiger partial charge on any atom is 0.153 e. The minimum atomic E-state index is -0.587. The van der Waals surface area contributed by atoms with Crippen LogP contribution in [0.1, 0.15) is 31.6 Å². The summed E-state index contributed by atoms with van der Waals surface area (Å²) in [4.78, 5) is 7.78. The van der Waals surface area contributed by atoms with Crippen molar-refractivity contribution in [1.29, 1.82) is 0 Å². The van der Waals surface area contributed by atoms with Gasteiger partial charge in [-0.3, -0.25) is 4.98 Å². The average molecular weight is 187 g/mol. The highest BCUT2D eigenvalue weighted by atomic mass is 35.5. The summed E-state index contributed by atoms with van der Waals surface area (Å²) in [6, 6.07) is 0. The van der Waals surface area contributed by atoms with Crippen LogP contribution in [-0.2, 0) is 0 Å². The fourth-order valence-corrected chi connectivity index (χ4v) is 1.20. The fraction of sp³-hybridized carbons (Fsp3) is 0.500. The van der Waals surface area contributed by atoms with E-state index in [-0.39, 0.29) is 0 Å². The third kappa shape index (κ3) is 2.16. The number of aliphatic hydroxyl groups excluding tert-OH is 1. The Kier molecular flexibility index (Phi) is 3.44. The molecule has 3 nitrogen and oxygen atoms in total. The number of hydrogen-bond acceptors (Lipinski definition) is 3. The molecule has 0 aromatic carbocycles. The molecule has 0 amide bonds. The molecule has 0 bridgehead atoms. The summed E-state index contributed by atoms with van der Waals surface area (Å²) in [5.74, 6) is 0. The van der Waals surface area contributed by atoms with E-state index in [0.717, 1.165) is 6.42 Å². The van der Waals surface area contributed by atoms with Crippen LogP contribution in [0, 0.1) is 0 Å². The van der Waals surface area contributed by atoms with Crippen LogP contribution in [0.15, 0.2) is 12.4 Å². The van der Waals surface area contributed by atoms with Gasteiger partial charge in [0.15, 0.2) is 5.15 Å². The smallest absolute Gasteiger partial charge is 0.153 e. The Morgan fingerprint density at radius 3 is 2.75 bits per heavy atom. The Morgan fingerprint density at radius 2 is 2.17 bits per heavy atom. The van der Waals surface area contributed by atoms with E-state index in [4.69, 9.17) is 11.6 Å². The van der Waals surface area contributed by atoms with Crippen molar-refractivity contribution >= 4 is 11.6 Å². The van der Waals surface area contributed by atoms with Crippen LogP contribution in [0.3, 0.4) is 0 Å². The number of halogens is 1. The van der Waals surface area contributed by atoms with Gasteiger partial charge in [-0.2, -0.15) is 0 Å². The molecule has 12 heavy (non-hydrogen) atoms. The highest BCUT2D eigenvalue weighted by Crippen LogP contribution is 2.21. The van der Waals surface area contributed by atoms with Gasteiger partial charge in [-0.1, -0.05) is 24.9 Å². The Morgan fingerprint density at radius 1 is 1.50 bits per heavy atom. The second-order valence-electron chi connectivity index (χ2n) is 2.54. The van der Waals surface area contributed by atoms with E-state index < -0.39 is 6.10 Å². The zero-order valence-corrected chi connectivity index (χ0v) is 7.62. The van der Waals surface area contributed by atoms with Crippen molar-refractivity contribution in [3.8, 4) is 0 Å². The van der Waals surface area contributed by atoms with Crippen molar-refractivity contribution < 1.29 is 5.11 Å². The Balaban J connectivity index is 2.79. The molecule has 1 heterocycles. The molecule has 0 saturated carbocycles. The predicted octanol–water partition coefficient (Wildman–Crippen LogP) is 1.96. The molecule has 66 valence electrons. The van der Waals surface area contributed by atoms with Gasteiger partial charge in [0.05, 0.1) is 6.10 Å². The molecular formula is C8H11ClN2O. The van der Waals surface area contributed by atoms with Gasteiger partial charge in [0, 0.05) is 12.4 Å². The standard InChI is InChI=1S/C8H11ClN2O/c1-2-3-6(12)7-8(9)11-5-4-10-7/h4-6,12H,2-3H2,1H3/t6-/m0/s1. The predicted molar refractivity (Wildman–Crippen MR) is 46.9 cm³/mol. The highest BCUT2D eigenvalue weighted by Gasteiger charge is 2.11. The SMILES string of the molecule is CCC[C@H](O)c1nccnc1Cl. The van der Waals surface area contributed by atoms with E-state index in [0.29, 0.717) is 17.3 Å². The van der Waals surface area contributed by atoms with Crippen molar-refractivity contribution in [3.05, 3.63) is 23.2 Å². The molecule has 1 aromatic heterocycles. The molecule has 0 radical (unpaired) electrons. The van der Waals surface area contributed by atoms with Crippen LogP contribution >= 0.6 is 11.6 Å². The molecule has 1 atom stereocenters. The molecule has 1 N–H and O–H groups in total. The lowest BCUT2D eigenvalue weighted by atomic mass is 10.1. The first-order valence-corrected chi connectivity index (χ1v) is 4.28. The van der Waals surface area contributed by atoms with Crippen LogP contribution in [0.5, 0.6) is 0 Å². The van der Waals surface area contributed by atoms with E-state index in [1.165, 1.54) is 12.4 Å². The van der Waals surface area contributed by atoms with Gasteiger partial charge in [0.25, 0.3) is 0 Å². The maximum atomic E-state index is 9.51. The average Bonchev–Trinajstić information content (AvgIpc) is 2.05. The summed E-state index contributed by atoms with van der Waals surface area (Å²) in [6.45, 7) is 1.99. The molecule has 1 aromatic rings. The molecule has 0 fully saturated rings. The first-order valence-electron chi connectivity index (χ1n) is 3.90. The molecule has 0 aliphatic heterocycles. The second kappa shape index (κ2) is 4.38. The maximum absolute atomic E-state index is 9.51. The van der Waals surface area contributed by atoms with Gasteiger partial charge in [-0.15, -0.1) is 0 Å². The number of aliphatic hydroxyl groups is 1. The van der Waals surface area contributed by atoms with Gasteiger partial charge in [-0.05, 0) is 6.42 Å². The summed E-state index contributed by atoms with van der Waals surface area (Å²) in [6.07, 6.45) is 4.01. The van der Waals surface area contributed by atoms with Gasteiger partial charge in [-0.25, -0.2) is 4.98 Å². The first kappa shape index (κ1) is 9.42. The van der Waals surface area contributed by atoms with Crippen molar-refractivity contribution in [2.75, 3.05) is 0 Å². The molecular weight excluding hydrogens is 176 g/mol. The van der Waals surface area contributed by atoms with Gasteiger partial charge in [0.2, 0.25) is 0 Å². The topological polar surface area (TPSA) is 46.0 Å². The summed E-state index contributed by atoms with van der Waals surface area (Å²) in [7, 11) is 0. The van der Waals surface area contributed by atoms with E-state index >= 15 is 0 Å². The van der Waals surface area contributed by atoms with Crippen molar-refractivity contribution in [3.63, 3.8) is 0 Å². The molecule has 4 heteroatoms. The third-order valence-corrected chi connectivity index (χ3v) is 1.85. The van der Waals surface area contributed by atoms with Crippen LogP contribution in [0.2, 0.25) is 5.15 Å². The van der Waals surface area contributed by atoms with Crippen molar-refractivity contribution in [1.82, 2.24) is 9.97 Å². The molecule has 0 unspecified atom stereocenters. The Hall–Kier alpha value is -0.670. The van der Waals surface area contributed by atoms with E-state index in [1.807, 2.05) is 6.92 Å². The van der Waals surface area contributed by atoms with Crippen LogP contribution in [0.4, 0.5) is 0 Å². The largest absolute Gasteiger partial charge is 0.387 e. The summed E-state index contributed by atoms with van der Waals surface area (Å²) < 4.78 is 0. The lowest BCUT2D eigenvalue weighted by molar-refractivity contribution is 0.161. The van der Waals surface area contributed by atoms with Gasteiger partial charge < -0.3 is 5.11 Å². The molecule has 0 aliphatic carbocycles. The Labute approximate surface area is 76.4 Å². The lowest BCUT2D eigenvalue weighted by Gasteiger charge is -2.08. The number of hydrogen-bond donors (Lipinski definition) is 1. The van der Waals surface area contributed by atoms with Gasteiger partial charge in [0.1, 0.15) is 5.69 Å². The van der Waals surface area contributed by atoms with E-state index in [1.54, 1.807) is 0 Å². The third-order valence-electron chi connectivity index (χ3n) is 1.56. The van der Waals surface area contributed by atoms with Gasteiger partial charge >= 0.3 is 0 Å². The normalized spacial score (nSPS) is 12.9. The van der Waals surface area contributed by atoms with Crippen molar-refractivity contribution in [2.24, 2.45) is 0 Å². The number of rotatable bonds is 3. The molecule has 0 aliphatic rings. The molecule has 1 rings (SSSR count). The molecule has 0 saturated heterocycles. The van der Waals surface area contributed by atoms with E-state index in [9.17, 15) is 5.11 Å². The Bertz CT molecular complexity index is 255. The van der Waals surface area contributed by atoms with E-state index in [2.05, 4.69) is 9.97 Å². The zero-order valence-electron chi connectivity index (χ0n) is 6.87. The zero-order chi connectivity index (χ0) is 8.97. The van der Waals surface area contributed by atoms with Crippen LogP contribution in [0.25, 0.3) is 0 Å².